The van der Waals surface area contributed by atoms with E-state index in [4.69, 9.17) is 10.2 Å². The Labute approximate surface area is 184 Å². The summed E-state index contributed by atoms with van der Waals surface area (Å²) in [5.41, 5.74) is 1.75. The van der Waals surface area contributed by atoms with Gasteiger partial charge >= 0.3 is 11.9 Å². The van der Waals surface area contributed by atoms with E-state index < -0.39 is 11.9 Å². The molecular weight excluding hydrogens is 418 g/mol. The third-order valence-electron chi connectivity index (χ3n) is 3.99. The Balaban J connectivity index is 0.000000269. The first-order chi connectivity index (χ1) is 14.2. The maximum atomic E-state index is 11.1. The highest BCUT2D eigenvalue weighted by atomic mass is 33.1. The molecule has 5 nitrogen and oxygen atoms in total. The topological polar surface area (TPSA) is 74.6 Å². The molecule has 0 aromatic heterocycles. The Morgan fingerprint density at radius 3 is 1.33 bits per heavy atom. The van der Waals surface area contributed by atoms with E-state index in [0.717, 1.165) is 4.48 Å². The van der Waals surface area contributed by atoms with Crippen LogP contribution in [0, 0.1) is 0 Å². The number of rotatable bonds is 6. The molecule has 3 aromatic carbocycles. The predicted molar refractivity (Wildman–Crippen MR) is 125 cm³/mol. The summed E-state index contributed by atoms with van der Waals surface area (Å²) in [6.45, 7) is 0. The van der Waals surface area contributed by atoms with Crippen molar-refractivity contribution in [1.29, 1.82) is 0 Å². The molecule has 0 aliphatic rings. The number of carboxylic acid groups (broad SMARTS) is 2. The SMILES string of the molecule is C[N+](C)(C)c1ccccc1.O=C(O)c1ccccc1SSc1ccccc1C(=O)O. The smallest absolute Gasteiger partial charge is 0.336 e. The third-order valence-corrected chi connectivity index (χ3v) is 6.47. The molecule has 0 saturated heterocycles. The van der Waals surface area contributed by atoms with Crippen molar-refractivity contribution in [3.8, 4) is 0 Å². The summed E-state index contributed by atoms with van der Waals surface area (Å²) < 4.78 is 0.890. The van der Waals surface area contributed by atoms with Crippen LogP contribution in [0.15, 0.2) is 88.7 Å². The van der Waals surface area contributed by atoms with Gasteiger partial charge in [0.15, 0.2) is 0 Å². The molecule has 0 bridgehead atoms. The van der Waals surface area contributed by atoms with Gasteiger partial charge in [-0.1, -0.05) is 64.1 Å². The molecule has 0 atom stereocenters. The minimum Gasteiger partial charge on any atom is -0.478 e. The molecule has 2 N–H and O–H groups in total. The summed E-state index contributed by atoms with van der Waals surface area (Å²) in [5.74, 6) is -2.00. The minimum absolute atomic E-state index is 0.206. The zero-order valence-electron chi connectivity index (χ0n) is 17.0. The van der Waals surface area contributed by atoms with Crippen molar-refractivity contribution in [2.45, 2.75) is 9.79 Å². The Kier molecular flexibility index (Phi) is 8.53. The van der Waals surface area contributed by atoms with E-state index in [9.17, 15) is 9.59 Å². The van der Waals surface area contributed by atoms with Crippen molar-refractivity contribution in [1.82, 2.24) is 4.48 Å². The molecule has 156 valence electrons. The molecule has 0 fully saturated rings. The fraction of sp³-hybridized carbons (Fsp3) is 0.130. The lowest BCUT2D eigenvalue weighted by molar-refractivity contribution is 0.0682. The van der Waals surface area contributed by atoms with E-state index in [0.29, 0.717) is 9.79 Å². The van der Waals surface area contributed by atoms with E-state index in [1.165, 1.54) is 39.4 Å². The molecule has 30 heavy (non-hydrogen) atoms. The third kappa shape index (κ3) is 6.95. The van der Waals surface area contributed by atoms with Gasteiger partial charge in [0.05, 0.1) is 32.3 Å². The van der Waals surface area contributed by atoms with Gasteiger partial charge in [0.1, 0.15) is 5.69 Å². The predicted octanol–water partition coefficient (Wildman–Crippen LogP) is 5.77. The number of benzene rings is 3. The molecule has 0 saturated carbocycles. The molecule has 3 aromatic rings. The number of quaternary nitrogens is 1. The second-order valence-corrected chi connectivity index (χ2v) is 9.33. The largest absolute Gasteiger partial charge is 0.478 e. The quantitative estimate of drug-likeness (QED) is 0.373. The average molecular weight is 443 g/mol. The normalized spacial score (nSPS) is 10.6. The summed E-state index contributed by atoms with van der Waals surface area (Å²) in [6.07, 6.45) is 0. The Morgan fingerprint density at radius 1 is 0.633 bits per heavy atom. The molecule has 0 aliphatic carbocycles. The highest BCUT2D eigenvalue weighted by Gasteiger charge is 2.13. The van der Waals surface area contributed by atoms with Crippen LogP contribution < -0.4 is 4.48 Å². The number of aromatic carboxylic acids is 2. The maximum absolute atomic E-state index is 11.1. The van der Waals surface area contributed by atoms with Crippen LogP contribution in [0.3, 0.4) is 0 Å². The zero-order chi connectivity index (χ0) is 22.1. The first-order valence-corrected chi connectivity index (χ1v) is 11.2. The molecule has 0 aliphatic heterocycles. The van der Waals surface area contributed by atoms with Crippen molar-refractivity contribution < 1.29 is 19.8 Å². The maximum Gasteiger partial charge on any atom is 0.336 e. The van der Waals surface area contributed by atoms with Crippen LogP contribution in [-0.2, 0) is 0 Å². The highest BCUT2D eigenvalue weighted by Crippen LogP contribution is 2.40. The van der Waals surface area contributed by atoms with Gasteiger partial charge in [-0.05, 0) is 36.4 Å². The van der Waals surface area contributed by atoms with Crippen LogP contribution in [0.25, 0.3) is 0 Å². The van der Waals surface area contributed by atoms with Gasteiger partial charge in [0, 0.05) is 9.79 Å². The standard InChI is InChI=1S/C14H10O4S2.C9H14N/c15-13(16)9-5-1-3-7-11(9)19-20-12-8-4-2-6-10(12)14(17)18;1-10(2,3)9-7-5-4-6-8-9/h1-8H,(H,15,16)(H,17,18);4-8H,1-3H3/q;+1. The summed E-state index contributed by atoms with van der Waals surface area (Å²) in [5, 5.41) is 18.2. The summed E-state index contributed by atoms with van der Waals surface area (Å²) >= 11 is 0. The second kappa shape index (κ2) is 10.9. The number of hydrogen-bond acceptors (Lipinski definition) is 4. The average Bonchev–Trinajstić information content (AvgIpc) is 2.73. The van der Waals surface area contributed by atoms with Gasteiger partial charge in [0.25, 0.3) is 0 Å². The number of para-hydroxylation sites is 1. The Morgan fingerprint density at radius 2 is 1.00 bits per heavy atom. The summed E-state index contributed by atoms with van der Waals surface area (Å²) in [7, 11) is 8.95. The van der Waals surface area contributed by atoms with Crippen molar-refractivity contribution in [2.75, 3.05) is 21.1 Å². The van der Waals surface area contributed by atoms with Gasteiger partial charge in [0.2, 0.25) is 0 Å². The van der Waals surface area contributed by atoms with Crippen LogP contribution in [0.4, 0.5) is 5.69 Å². The van der Waals surface area contributed by atoms with E-state index in [1.807, 2.05) is 6.07 Å². The molecule has 0 radical (unpaired) electrons. The van der Waals surface area contributed by atoms with Crippen molar-refractivity contribution in [3.63, 3.8) is 0 Å². The first kappa shape index (κ1) is 23.5. The van der Waals surface area contributed by atoms with E-state index >= 15 is 0 Å². The molecule has 7 heteroatoms. The Bertz CT molecular complexity index is 944. The fourth-order valence-corrected chi connectivity index (χ4v) is 4.75. The van der Waals surface area contributed by atoms with Crippen molar-refractivity contribution in [2.24, 2.45) is 0 Å². The van der Waals surface area contributed by atoms with Crippen LogP contribution >= 0.6 is 21.6 Å². The molecule has 0 unspecified atom stereocenters. The number of hydrogen-bond donors (Lipinski definition) is 2. The molecular formula is C23H24NO4S2+. The lowest BCUT2D eigenvalue weighted by atomic mass is 10.2. The number of carbonyl (C=O) groups is 2. The second-order valence-electron chi connectivity index (χ2n) is 7.12. The summed E-state index contributed by atoms with van der Waals surface area (Å²) in [6, 6.07) is 23.7. The van der Waals surface area contributed by atoms with Gasteiger partial charge in [-0.25, -0.2) is 9.59 Å². The lowest BCUT2D eigenvalue weighted by Crippen LogP contribution is -2.34. The van der Waals surface area contributed by atoms with Gasteiger partial charge in [-0.2, -0.15) is 0 Å². The van der Waals surface area contributed by atoms with E-state index in [2.05, 4.69) is 45.4 Å². The first-order valence-electron chi connectivity index (χ1n) is 9.06. The fourth-order valence-electron chi connectivity index (χ4n) is 2.40. The van der Waals surface area contributed by atoms with E-state index in [1.54, 1.807) is 36.4 Å². The minimum atomic E-state index is -1.000. The number of nitrogens with zero attached hydrogens (tertiary/aromatic N) is 1. The lowest BCUT2D eigenvalue weighted by Gasteiger charge is -2.22. The molecule has 0 heterocycles. The van der Waals surface area contributed by atoms with E-state index in [-0.39, 0.29) is 11.1 Å². The number of carboxylic acids is 2. The molecule has 0 spiro atoms. The van der Waals surface area contributed by atoms with Crippen LogP contribution in [0.1, 0.15) is 20.7 Å². The van der Waals surface area contributed by atoms with Gasteiger partial charge < -0.3 is 10.2 Å². The zero-order valence-corrected chi connectivity index (χ0v) is 18.6. The molecule has 3 rings (SSSR count). The van der Waals surface area contributed by atoms with Gasteiger partial charge in [-0.3, -0.25) is 4.48 Å². The van der Waals surface area contributed by atoms with Crippen LogP contribution in [-0.4, -0.2) is 43.3 Å². The highest BCUT2D eigenvalue weighted by molar-refractivity contribution is 8.76. The monoisotopic (exact) mass is 442 g/mol. The van der Waals surface area contributed by atoms with Gasteiger partial charge in [-0.15, -0.1) is 0 Å². The van der Waals surface area contributed by atoms with Crippen LogP contribution in [0.5, 0.6) is 0 Å². The molecule has 0 amide bonds. The van der Waals surface area contributed by atoms with Crippen molar-refractivity contribution >= 4 is 39.2 Å². The van der Waals surface area contributed by atoms with Crippen LogP contribution in [0.2, 0.25) is 0 Å². The van der Waals surface area contributed by atoms with Crippen molar-refractivity contribution in [3.05, 3.63) is 90.0 Å². The summed E-state index contributed by atoms with van der Waals surface area (Å²) in [4.78, 5) is 23.4. The Hall–Kier alpha value is -2.74.